The molecular weight excluding hydrogens is 278 g/mol. The molecule has 0 aromatic carbocycles. The number of hydrogen-bond acceptors (Lipinski definition) is 4. The predicted molar refractivity (Wildman–Crippen MR) is 85.4 cm³/mol. The number of furan rings is 1. The summed E-state index contributed by atoms with van der Waals surface area (Å²) in [5, 5.41) is 0. The van der Waals surface area contributed by atoms with E-state index in [9.17, 15) is 4.79 Å². The molecule has 5 nitrogen and oxygen atoms in total. The van der Waals surface area contributed by atoms with Crippen LogP contribution in [-0.4, -0.2) is 65.4 Å². The fourth-order valence-corrected chi connectivity index (χ4v) is 3.80. The summed E-state index contributed by atoms with van der Waals surface area (Å²) in [6, 6.07) is 4.24. The Morgan fingerprint density at radius 2 is 1.95 bits per heavy atom. The molecule has 0 aliphatic carbocycles. The van der Waals surface area contributed by atoms with Gasteiger partial charge in [0.15, 0.2) is 0 Å². The summed E-state index contributed by atoms with van der Waals surface area (Å²) in [6.45, 7) is 8.79. The van der Waals surface area contributed by atoms with Crippen molar-refractivity contribution in [3.63, 3.8) is 0 Å². The van der Waals surface area contributed by atoms with Crippen LogP contribution in [0.1, 0.15) is 32.4 Å². The molecule has 2 saturated heterocycles. The summed E-state index contributed by atoms with van der Waals surface area (Å²) in [5.41, 5.74) is -0.289. The van der Waals surface area contributed by atoms with Crippen LogP contribution in [0.15, 0.2) is 22.8 Å². The summed E-state index contributed by atoms with van der Waals surface area (Å²) in [5.74, 6) is 1.33. The zero-order valence-corrected chi connectivity index (χ0v) is 13.9. The van der Waals surface area contributed by atoms with E-state index in [-0.39, 0.29) is 5.54 Å². The van der Waals surface area contributed by atoms with Gasteiger partial charge in [-0.25, -0.2) is 0 Å². The molecule has 0 bridgehead atoms. The Morgan fingerprint density at radius 3 is 2.55 bits per heavy atom. The average Bonchev–Trinajstić information content (AvgIpc) is 2.99. The van der Waals surface area contributed by atoms with Crippen LogP contribution in [0, 0.1) is 0 Å². The maximum atomic E-state index is 13.0. The third-order valence-electron chi connectivity index (χ3n) is 5.33. The molecule has 1 amide bonds. The summed E-state index contributed by atoms with van der Waals surface area (Å²) in [6.07, 6.45) is 3.54. The second kappa shape index (κ2) is 6.05. The predicted octanol–water partition coefficient (Wildman–Crippen LogP) is 1.80. The van der Waals surface area contributed by atoms with E-state index in [4.69, 9.17) is 4.42 Å². The van der Waals surface area contributed by atoms with Gasteiger partial charge in [0.05, 0.1) is 12.8 Å². The van der Waals surface area contributed by atoms with Crippen molar-refractivity contribution in [3.8, 4) is 0 Å². The number of likely N-dealkylation sites (N-methyl/N-ethyl adjacent to an activating group) is 1. The molecule has 0 radical (unpaired) electrons. The maximum absolute atomic E-state index is 13.0. The molecule has 2 fully saturated rings. The van der Waals surface area contributed by atoms with Gasteiger partial charge in [0, 0.05) is 32.2 Å². The van der Waals surface area contributed by atoms with E-state index in [1.807, 2.05) is 12.1 Å². The van der Waals surface area contributed by atoms with E-state index in [1.165, 1.54) is 0 Å². The number of piperazine rings is 1. The number of carbonyl (C=O) groups excluding carboxylic acids is 1. The number of amides is 1. The maximum Gasteiger partial charge on any atom is 0.243 e. The number of likely N-dealkylation sites (tertiary alicyclic amines) is 1. The van der Waals surface area contributed by atoms with Gasteiger partial charge in [-0.1, -0.05) is 0 Å². The molecule has 0 saturated carbocycles. The van der Waals surface area contributed by atoms with Gasteiger partial charge in [0.25, 0.3) is 0 Å². The van der Waals surface area contributed by atoms with Gasteiger partial charge in [-0.15, -0.1) is 0 Å². The molecule has 1 aromatic heterocycles. The SMILES string of the molecule is CC(C)N1CCN(C)C2(CCN(Cc3ccco3)CC2)C1=O. The van der Waals surface area contributed by atoms with Crippen molar-refractivity contribution in [2.75, 3.05) is 33.2 Å². The van der Waals surface area contributed by atoms with E-state index in [2.05, 4.69) is 35.6 Å². The van der Waals surface area contributed by atoms with Crippen molar-refractivity contribution in [2.45, 2.75) is 44.8 Å². The highest BCUT2D eigenvalue weighted by molar-refractivity contribution is 5.87. The molecule has 5 heteroatoms. The van der Waals surface area contributed by atoms with Crippen LogP contribution < -0.4 is 0 Å². The molecule has 3 rings (SSSR count). The summed E-state index contributed by atoms with van der Waals surface area (Å²) in [7, 11) is 2.11. The minimum atomic E-state index is -0.289. The van der Waals surface area contributed by atoms with Crippen molar-refractivity contribution in [1.82, 2.24) is 14.7 Å². The molecule has 22 heavy (non-hydrogen) atoms. The third kappa shape index (κ3) is 2.68. The van der Waals surface area contributed by atoms with Crippen LogP contribution in [0.2, 0.25) is 0 Å². The fourth-order valence-electron chi connectivity index (χ4n) is 3.80. The van der Waals surface area contributed by atoms with E-state index in [1.54, 1.807) is 6.26 Å². The number of nitrogens with zero attached hydrogens (tertiary/aromatic N) is 3. The smallest absolute Gasteiger partial charge is 0.243 e. The quantitative estimate of drug-likeness (QED) is 0.854. The zero-order chi connectivity index (χ0) is 15.7. The van der Waals surface area contributed by atoms with Gasteiger partial charge in [-0.05, 0) is 45.9 Å². The third-order valence-corrected chi connectivity index (χ3v) is 5.33. The van der Waals surface area contributed by atoms with E-state index in [0.29, 0.717) is 11.9 Å². The Hall–Kier alpha value is -1.33. The summed E-state index contributed by atoms with van der Waals surface area (Å²) in [4.78, 5) is 19.8. The number of piperidine rings is 1. The lowest BCUT2D eigenvalue weighted by molar-refractivity contribution is -0.156. The van der Waals surface area contributed by atoms with Crippen LogP contribution in [0.5, 0.6) is 0 Å². The fraction of sp³-hybridized carbons (Fsp3) is 0.706. The molecule has 0 N–H and O–H groups in total. The van der Waals surface area contributed by atoms with Crippen molar-refractivity contribution in [2.24, 2.45) is 0 Å². The number of hydrogen-bond donors (Lipinski definition) is 0. The molecule has 0 unspecified atom stereocenters. The molecule has 122 valence electrons. The van der Waals surface area contributed by atoms with Crippen LogP contribution >= 0.6 is 0 Å². The van der Waals surface area contributed by atoms with Crippen molar-refractivity contribution in [1.29, 1.82) is 0 Å². The van der Waals surface area contributed by atoms with Gasteiger partial charge < -0.3 is 9.32 Å². The molecule has 2 aliphatic heterocycles. The van der Waals surface area contributed by atoms with Gasteiger partial charge in [-0.2, -0.15) is 0 Å². The normalized spacial score (nSPS) is 23.6. The second-order valence-electron chi connectivity index (χ2n) is 6.90. The Bertz CT molecular complexity index is 504. The first-order valence-electron chi connectivity index (χ1n) is 8.30. The summed E-state index contributed by atoms with van der Waals surface area (Å²) >= 11 is 0. The van der Waals surface area contributed by atoms with Gasteiger partial charge in [-0.3, -0.25) is 14.6 Å². The second-order valence-corrected chi connectivity index (χ2v) is 6.90. The Kier molecular flexibility index (Phi) is 4.28. The lowest BCUT2D eigenvalue weighted by atomic mass is 9.82. The first-order chi connectivity index (χ1) is 10.5. The molecular formula is C17H27N3O2. The van der Waals surface area contributed by atoms with Crippen LogP contribution in [0.4, 0.5) is 0 Å². The number of carbonyl (C=O) groups is 1. The van der Waals surface area contributed by atoms with Gasteiger partial charge in [0.1, 0.15) is 11.3 Å². The lowest BCUT2D eigenvalue weighted by Crippen LogP contribution is -2.68. The Morgan fingerprint density at radius 1 is 1.23 bits per heavy atom. The Labute approximate surface area is 132 Å². The average molecular weight is 305 g/mol. The highest BCUT2D eigenvalue weighted by Gasteiger charge is 2.49. The molecule has 1 spiro atoms. The van der Waals surface area contributed by atoms with Crippen LogP contribution in [0.25, 0.3) is 0 Å². The minimum Gasteiger partial charge on any atom is -0.468 e. The highest BCUT2D eigenvalue weighted by atomic mass is 16.3. The lowest BCUT2D eigenvalue weighted by Gasteiger charge is -2.52. The van der Waals surface area contributed by atoms with E-state index >= 15 is 0 Å². The standard InChI is InChI=1S/C17H27N3O2/c1-14(2)20-11-10-18(3)17(16(20)21)6-8-19(9-7-17)13-15-5-4-12-22-15/h4-5,12,14H,6-11,13H2,1-3H3. The molecule has 2 aliphatic rings. The topological polar surface area (TPSA) is 39.9 Å². The minimum absolute atomic E-state index is 0.289. The van der Waals surface area contributed by atoms with Crippen LogP contribution in [0.3, 0.4) is 0 Å². The Balaban J connectivity index is 1.68. The molecule has 0 atom stereocenters. The van der Waals surface area contributed by atoms with Gasteiger partial charge >= 0.3 is 0 Å². The van der Waals surface area contributed by atoms with Crippen LogP contribution in [-0.2, 0) is 11.3 Å². The van der Waals surface area contributed by atoms with E-state index in [0.717, 1.165) is 51.3 Å². The van der Waals surface area contributed by atoms with Crippen molar-refractivity contribution in [3.05, 3.63) is 24.2 Å². The number of rotatable bonds is 3. The zero-order valence-electron chi connectivity index (χ0n) is 13.9. The highest BCUT2D eigenvalue weighted by Crippen LogP contribution is 2.33. The molecule has 1 aromatic rings. The largest absolute Gasteiger partial charge is 0.468 e. The first-order valence-corrected chi connectivity index (χ1v) is 8.30. The van der Waals surface area contributed by atoms with E-state index < -0.39 is 0 Å². The monoisotopic (exact) mass is 305 g/mol. The first kappa shape index (κ1) is 15.6. The van der Waals surface area contributed by atoms with Gasteiger partial charge in [0.2, 0.25) is 5.91 Å². The molecule has 3 heterocycles. The van der Waals surface area contributed by atoms with Crippen molar-refractivity contribution < 1.29 is 9.21 Å². The summed E-state index contributed by atoms with van der Waals surface area (Å²) < 4.78 is 5.44. The van der Waals surface area contributed by atoms with Crippen molar-refractivity contribution >= 4 is 5.91 Å².